The monoisotopic (exact) mass is 277 g/mol. The summed E-state index contributed by atoms with van der Waals surface area (Å²) in [6.45, 7) is 0. The molecule has 1 N–H and O–H groups in total. The van der Waals surface area contributed by atoms with Crippen molar-refractivity contribution in [2.24, 2.45) is 11.8 Å². The Balaban J connectivity index is 2.08. The average molecular weight is 277 g/mol. The molecule has 18 heavy (non-hydrogen) atoms. The van der Waals surface area contributed by atoms with E-state index < -0.39 is 12.1 Å². The van der Waals surface area contributed by atoms with Gasteiger partial charge >= 0.3 is 6.18 Å². The fourth-order valence-electron chi connectivity index (χ4n) is 2.95. The summed E-state index contributed by atoms with van der Waals surface area (Å²) in [5, 5.41) is 7.19. The number of thiophene rings is 1. The molecule has 0 amide bonds. The van der Waals surface area contributed by atoms with E-state index in [4.69, 9.17) is 0 Å². The summed E-state index contributed by atoms with van der Waals surface area (Å²) >= 11 is 1.59. The summed E-state index contributed by atoms with van der Waals surface area (Å²) in [5.74, 6) is -1.03. The molecule has 1 aliphatic carbocycles. The number of rotatable bonds is 3. The van der Waals surface area contributed by atoms with Gasteiger partial charge in [0.25, 0.3) is 0 Å². The first-order valence-corrected chi connectivity index (χ1v) is 7.22. The predicted molar refractivity (Wildman–Crippen MR) is 67.6 cm³/mol. The highest BCUT2D eigenvalue weighted by Gasteiger charge is 2.43. The van der Waals surface area contributed by atoms with Crippen LogP contribution in [0, 0.1) is 11.8 Å². The van der Waals surface area contributed by atoms with Gasteiger partial charge in [0.05, 0.1) is 5.92 Å². The Morgan fingerprint density at radius 1 is 1.39 bits per heavy atom. The van der Waals surface area contributed by atoms with E-state index in [0.29, 0.717) is 12.8 Å². The van der Waals surface area contributed by atoms with Crippen LogP contribution in [0.2, 0.25) is 0 Å². The van der Waals surface area contributed by atoms with Gasteiger partial charge < -0.3 is 5.32 Å². The molecular formula is C13H18F3NS. The van der Waals surface area contributed by atoms with Crippen LogP contribution in [0.3, 0.4) is 0 Å². The van der Waals surface area contributed by atoms with Gasteiger partial charge in [-0.2, -0.15) is 24.5 Å². The fraction of sp³-hybridized carbons (Fsp3) is 0.692. The average Bonchev–Trinajstić information content (AvgIpc) is 2.83. The smallest absolute Gasteiger partial charge is 0.313 e. The van der Waals surface area contributed by atoms with Crippen molar-refractivity contribution in [1.82, 2.24) is 5.32 Å². The number of hydrogen-bond acceptors (Lipinski definition) is 2. The van der Waals surface area contributed by atoms with Crippen molar-refractivity contribution in [3.63, 3.8) is 0 Å². The van der Waals surface area contributed by atoms with E-state index in [1.165, 1.54) is 0 Å². The molecule has 1 heterocycles. The van der Waals surface area contributed by atoms with Gasteiger partial charge in [-0.1, -0.05) is 6.42 Å². The SMILES string of the molecule is CNC(c1ccsc1)C1CCCC(C(F)(F)F)C1. The molecule has 1 saturated carbocycles. The maximum Gasteiger partial charge on any atom is 0.391 e. The first-order valence-electron chi connectivity index (χ1n) is 6.28. The minimum Gasteiger partial charge on any atom is -0.313 e. The quantitative estimate of drug-likeness (QED) is 0.864. The van der Waals surface area contributed by atoms with E-state index in [1.807, 2.05) is 23.9 Å². The Morgan fingerprint density at radius 3 is 2.72 bits per heavy atom. The molecule has 0 radical (unpaired) electrons. The maximum absolute atomic E-state index is 12.8. The number of hydrogen-bond donors (Lipinski definition) is 1. The molecule has 0 spiro atoms. The van der Waals surface area contributed by atoms with Crippen molar-refractivity contribution in [3.05, 3.63) is 22.4 Å². The van der Waals surface area contributed by atoms with Crippen LogP contribution >= 0.6 is 11.3 Å². The molecule has 1 fully saturated rings. The second kappa shape index (κ2) is 5.61. The molecular weight excluding hydrogens is 259 g/mol. The van der Waals surface area contributed by atoms with Crippen molar-refractivity contribution in [2.75, 3.05) is 7.05 Å². The Morgan fingerprint density at radius 2 is 2.17 bits per heavy atom. The fourth-order valence-corrected chi connectivity index (χ4v) is 3.65. The second-order valence-corrected chi connectivity index (χ2v) is 5.77. The largest absolute Gasteiger partial charge is 0.391 e. The predicted octanol–water partition coefficient (Wildman–Crippen LogP) is 4.38. The molecule has 5 heteroatoms. The van der Waals surface area contributed by atoms with E-state index in [9.17, 15) is 13.2 Å². The van der Waals surface area contributed by atoms with Gasteiger partial charge in [0, 0.05) is 6.04 Å². The molecule has 0 saturated heterocycles. The minimum absolute atomic E-state index is 0.0569. The highest BCUT2D eigenvalue weighted by atomic mass is 32.1. The van der Waals surface area contributed by atoms with Gasteiger partial charge in [-0.05, 0) is 54.6 Å². The van der Waals surface area contributed by atoms with Crippen LogP contribution in [0.5, 0.6) is 0 Å². The van der Waals surface area contributed by atoms with Crippen LogP contribution < -0.4 is 5.32 Å². The number of nitrogens with one attached hydrogen (secondary N) is 1. The zero-order valence-corrected chi connectivity index (χ0v) is 11.2. The summed E-state index contributed by atoms with van der Waals surface area (Å²) in [7, 11) is 1.83. The molecule has 3 unspecified atom stereocenters. The van der Waals surface area contributed by atoms with Gasteiger partial charge in [0.1, 0.15) is 0 Å². The second-order valence-electron chi connectivity index (χ2n) is 4.99. The lowest BCUT2D eigenvalue weighted by Gasteiger charge is -2.35. The first kappa shape index (κ1) is 13.9. The van der Waals surface area contributed by atoms with Crippen LogP contribution in [-0.2, 0) is 0 Å². The highest BCUT2D eigenvalue weighted by molar-refractivity contribution is 7.07. The lowest BCUT2D eigenvalue weighted by molar-refractivity contribution is -0.186. The zero-order valence-electron chi connectivity index (χ0n) is 10.3. The topological polar surface area (TPSA) is 12.0 Å². The molecule has 0 bridgehead atoms. The van der Waals surface area contributed by atoms with Crippen molar-refractivity contribution in [1.29, 1.82) is 0 Å². The van der Waals surface area contributed by atoms with Crippen LogP contribution in [0.4, 0.5) is 13.2 Å². The van der Waals surface area contributed by atoms with Crippen molar-refractivity contribution >= 4 is 11.3 Å². The molecule has 0 aliphatic heterocycles. The van der Waals surface area contributed by atoms with Crippen molar-refractivity contribution in [3.8, 4) is 0 Å². The summed E-state index contributed by atoms with van der Waals surface area (Å²) < 4.78 is 38.4. The van der Waals surface area contributed by atoms with E-state index in [0.717, 1.165) is 12.0 Å². The van der Waals surface area contributed by atoms with Crippen molar-refractivity contribution < 1.29 is 13.2 Å². The summed E-state index contributed by atoms with van der Waals surface area (Å²) in [5.41, 5.74) is 1.12. The van der Waals surface area contributed by atoms with E-state index >= 15 is 0 Å². The molecule has 1 nitrogen and oxygen atoms in total. The zero-order chi connectivity index (χ0) is 13.2. The van der Waals surface area contributed by atoms with Gasteiger partial charge in [0.15, 0.2) is 0 Å². The molecule has 1 aromatic heterocycles. The third-order valence-electron chi connectivity index (χ3n) is 3.86. The Labute approximate surface area is 109 Å². The molecule has 0 aromatic carbocycles. The Hall–Kier alpha value is -0.550. The maximum atomic E-state index is 12.8. The molecule has 102 valence electrons. The molecule has 1 aliphatic rings. The van der Waals surface area contributed by atoms with E-state index in [2.05, 4.69) is 5.32 Å². The van der Waals surface area contributed by atoms with Crippen LogP contribution in [0.1, 0.15) is 37.3 Å². The van der Waals surface area contributed by atoms with Crippen LogP contribution in [-0.4, -0.2) is 13.2 Å². The number of alkyl halides is 3. The van der Waals surface area contributed by atoms with Gasteiger partial charge in [-0.25, -0.2) is 0 Å². The summed E-state index contributed by atoms with van der Waals surface area (Å²) in [6.07, 6.45) is -1.93. The third kappa shape index (κ3) is 3.06. The van der Waals surface area contributed by atoms with E-state index in [1.54, 1.807) is 11.3 Å². The normalized spacial score (nSPS) is 27.1. The summed E-state index contributed by atoms with van der Waals surface area (Å²) in [6, 6.07) is 2.06. The molecule has 2 rings (SSSR count). The Bertz CT molecular complexity index is 361. The standard InChI is InChI=1S/C13H18F3NS/c1-17-12(10-5-6-18-8-10)9-3-2-4-11(7-9)13(14,15)16/h5-6,8-9,11-12,17H,2-4,7H2,1H3. The molecule has 1 aromatic rings. The number of halogens is 3. The van der Waals surface area contributed by atoms with Crippen LogP contribution in [0.25, 0.3) is 0 Å². The summed E-state index contributed by atoms with van der Waals surface area (Å²) in [4.78, 5) is 0. The first-order chi connectivity index (χ1) is 8.52. The van der Waals surface area contributed by atoms with Crippen LogP contribution in [0.15, 0.2) is 16.8 Å². The minimum atomic E-state index is -4.04. The Kier molecular flexibility index (Phi) is 4.33. The highest BCUT2D eigenvalue weighted by Crippen LogP contribution is 2.43. The van der Waals surface area contributed by atoms with E-state index in [-0.39, 0.29) is 18.4 Å². The lowest BCUT2D eigenvalue weighted by atomic mass is 9.76. The lowest BCUT2D eigenvalue weighted by Crippen LogP contribution is -2.34. The van der Waals surface area contributed by atoms with Gasteiger partial charge in [-0.3, -0.25) is 0 Å². The van der Waals surface area contributed by atoms with Crippen molar-refractivity contribution in [2.45, 2.75) is 37.9 Å². The third-order valence-corrected chi connectivity index (χ3v) is 4.56. The van der Waals surface area contributed by atoms with Gasteiger partial charge in [0.2, 0.25) is 0 Å². The van der Waals surface area contributed by atoms with Gasteiger partial charge in [-0.15, -0.1) is 0 Å². The molecule has 3 atom stereocenters.